The molecule has 0 fully saturated rings. The van der Waals surface area contributed by atoms with E-state index in [1.165, 1.54) is 173 Å². The van der Waals surface area contributed by atoms with E-state index in [4.69, 9.17) is 0 Å². The van der Waals surface area contributed by atoms with Crippen molar-refractivity contribution in [2.45, 2.75) is 206 Å². The first kappa shape index (κ1) is 44.7. The van der Waals surface area contributed by atoms with Crippen molar-refractivity contribution in [2.75, 3.05) is 6.61 Å². The molecule has 0 spiro atoms. The topological polar surface area (TPSA) is 66.4 Å². The van der Waals surface area contributed by atoms with Crippen molar-refractivity contribution in [3.05, 3.63) is 12.2 Å². The molecule has 0 heterocycles. The molecule has 1 unspecified atom stereocenters. The normalized spacial score (nSPS) is 12.6. The molecule has 0 aromatic heterocycles. The van der Waals surface area contributed by atoms with Gasteiger partial charge in [0, 0.05) is 5.92 Å². The van der Waals surface area contributed by atoms with Crippen LogP contribution < -0.4 is 29.6 Å². The molecule has 0 N–H and O–H groups in total. The number of rotatable bonds is 34. The van der Waals surface area contributed by atoms with Gasteiger partial charge < -0.3 is 4.55 Å². The second kappa shape index (κ2) is 36.1. The minimum Gasteiger partial charge on any atom is -0.726 e. The van der Waals surface area contributed by atoms with Crippen molar-refractivity contribution < 1.29 is 46.7 Å². The molecule has 0 saturated heterocycles. The maximum Gasteiger partial charge on any atom is 1.00 e. The first-order valence-corrected chi connectivity index (χ1v) is 19.6. The van der Waals surface area contributed by atoms with Crippen LogP contribution in [0.2, 0.25) is 0 Å². The SMILES string of the molecule is CCCCCCCCCCCC/C=C/C(CCCCCCCCCCCCCCCCCCCC)COS(=O)(=O)[O-].[Na+]. The Labute approximate surface area is 286 Å². The van der Waals surface area contributed by atoms with E-state index in [0.29, 0.717) is 0 Å². The molecule has 0 radical (unpaired) electrons. The minimum atomic E-state index is -4.62. The van der Waals surface area contributed by atoms with Crippen molar-refractivity contribution in [1.29, 1.82) is 0 Å². The molecule has 0 rings (SSSR count). The van der Waals surface area contributed by atoms with Gasteiger partial charge in [-0.05, 0) is 19.3 Å². The zero-order chi connectivity index (χ0) is 30.1. The van der Waals surface area contributed by atoms with Crippen LogP contribution in [0.25, 0.3) is 0 Å². The van der Waals surface area contributed by atoms with Gasteiger partial charge in [-0.2, -0.15) is 0 Å². The van der Waals surface area contributed by atoms with Gasteiger partial charge in [0.15, 0.2) is 0 Å². The summed E-state index contributed by atoms with van der Waals surface area (Å²) in [7, 11) is -4.62. The molecule has 0 amide bonds. The van der Waals surface area contributed by atoms with Crippen LogP contribution in [0.15, 0.2) is 12.2 Å². The van der Waals surface area contributed by atoms with Crippen LogP contribution in [0.1, 0.15) is 206 Å². The molecule has 0 aliphatic heterocycles. The summed E-state index contributed by atoms with van der Waals surface area (Å²) in [6.45, 7) is 4.53. The molecule has 0 aromatic carbocycles. The van der Waals surface area contributed by atoms with Gasteiger partial charge in [-0.25, -0.2) is 8.42 Å². The fourth-order valence-corrected chi connectivity index (χ4v) is 6.09. The first-order valence-electron chi connectivity index (χ1n) is 18.3. The van der Waals surface area contributed by atoms with Crippen LogP contribution in [0.4, 0.5) is 0 Å². The Hall–Kier alpha value is 0.610. The van der Waals surface area contributed by atoms with Crippen LogP contribution in [0.5, 0.6) is 0 Å². The Morgan fingerprint density at radius 3 is 1.17 bits per heavy atom. The van der Waals surface area contributed by atoms with E-state index in [0.717, 1.165) is 19.3 Å². The Bertz CT molecular complexity index is 638. The summed E-state index contributed by atoms with van der Waals surface area (Å²) in [5.41, 5.74) is 0. The number of hydrogen-bond donors (Lipinski definition) is 0. The van der Waals surface area contributed by atoms with Crippen molar-refractivity contribution in [3.8, 4) is 0 Å². The molecule has 0 bridgehead atoms. The molecule has 246 valence electrons. The van der Waals surface area contributed by atoms with Crippen molar-refractivity contribution >= 4 is 10.4 Å². The van der Waals surface area contributed by atoms with Crippen molar-refractivity contribution in [1.82, 2.24) is 0 Å². The quantitative estimate of drug-likeness (QED) is 0.0236. The van der Waals surface area contributed by atoms with Crippen molar-refractivity contribution in [3.63, 3.8) is 0 Å². The van der Waals surface area contributed by atoms with Gasteiger partial charge in [0.25, 0.3) is 0 Å². The van der Waals surface area contributed by atoms with E-state index in [-0.39, 0.29) is 42.1 Å². The van der Waals surface area contributed by atoms with Crippen LogP contribution in [-0.2, 0) is 14.6 Å². The summed E-state index contributed by atoms with van der Waals surface area (Å²) >= 11 is 0. The predicted molar refractivity (Wildman–Crippen MR) is 178 cm³/mol. The monoisotopic (exact) mass is 622 g/mol. The Balaban J connectivity index is 0. The van der Waals surface area contributed by atoms with E-state index >= 15 is 0 Å². The summed E-state index contributed by atoms with van der Waals surface area (Å²) in [5, 5.41) is 0. The van der Waals surface area contributed by atoms with E-state index in [9.17, 15) is 13.0 Å². The van der Waals surface area contributed by atoms with Crippen LogP contribution >= 0.6 is 0 Å². The largest absolute Gasteiger partial charge is 1.00 e. The molecule has 0 saturated carbocycles. The second-order valence-electron chi connectivity index (χ2n) is 12.7. The average molecular weight is 623 g/mol. The van der Waals surface area contributed by atoms with Crippen LogP contribution in [-0.4, -0.2) is 19.6 Å². The summed E-state index contributed by atoms with van der Waals surface area (Å²) in [6, 6.07) is 0. The molecule has 4 nitrogen and oxygen atoms in total. The van der Waals surface area contributed by atoms with Crippen LogP contribution in [0, 0.1) is 5.92 Å². The minimum absolute atomic E-state index is 0. The zero-order valence-corrected chi connectivity index (χ0v) is 31.5. The van der Waals surface area contributed by atoms with E-state index < -0.39 is 10.4 Å². The van der Waals surface area contributed by atoms with Gasteiger partial charge in [0.2, 0.25) is 10.4 Å². The van der Waals surface area contributed by atoms with E-state index in [1.54, 1.807) is 0 Å². The van der Waals surface area contributed by atoms with Gasteiger partial charge >= 0.3 is 29.6 Å². The Kier molecular flexibility index (Phi) is 38.4. The summed E-state index contributed by atoms with van der Waals surface area (Å²) in [4.78, 5) is 0. The zero-order valence-electron chi connectivity index (χ0n) is 28.7. The third kappa shape index (κ3) is 38.6. The standard InChI is InChI=1S/C36H72O4S.Na/c1-3-5-7-9-11-13-15-17-18-19-20-21-22-24-26-28-30-32-34-36(35-40-41(37,38)39)33-31-29-27-25-23-16-14-12-10-8-6-4-2;/h31,33,36H,3-30,32,34-35H2,1-2H3,(H,37,38,39);/q;+1/p-1/b33-31+;. The molecule has 0 aromatic rings. The van der Waals surface area contributed by atoms with Gasteiger partial charge in [-0.3, -0.25) is 4.18 Å². The van der Waals surface area contributed by atoms with Gasteiger partial charge in [0.05, 0.1) is 6.61 Å². The molecule has 0 aliphatic rings. The second-order valence-corrected chi connectivity index (χ2v) is 13.7. The number of allylic oxidation sites excluding steroid dienone is 1. The molecular weight excluding hydrogens is 551 g/mol. The molecule has 42 heavy (non-hydrogen) atoms. The smallest absolute Gasteiger partial charge is 0.726 e. The number of unbranched alkanes of at least 4 members (excludes halogenated alkanes) is 27. The Morgan fingerprint density at radius 1 is 0.524 bits per heavy atom. The predicted octanol–water partition coefficient (Wildman–Crippen LogP) is 9.38. The molecule has 0 aliphatic carbocycles. The fourth-order valence-electron chi connectivity index (χ4n) is 5.75. The molecule has 6 heteroatoms. The maximum absolute atomic E-state index is 11.0. The Morgan fingerprint density at radius 2 is 0.833 bits per heavy atom. The average Bonchev–Trinajstić information content (AvgIpc) is 2.94. The maximum atomic E-state index is 11.0. The summed E-state index contributed by atoms with van der Waals surface area (Å²) in [6.07, 6.45) is 43.9. The number of hydrogen-bond acceptors (Lipinski definition) is 4. The molecule has 1 atom stereocenters. The first-order chi connectivity index (χ1) is 20.0. The van der Waals surface area contributed by atoms with Crippen molar-refractivity contribution in [2.24, 2.45) is 5.92 Å². The van der Waals surface area contributed by atoms with Crippen LogP contribution in [0.3, 0.4) is 0 Å². The fraction of sp³-hybridized carbons (Fsp3) is 0.944. The third-order valence-corrected chi connectivity index (χ3v) is 8.91. The van der Waals surface area contributed by atoms with E-state index in [1.807, 2.05) is 0 Å². The van der Waals surface area contributed by atoms with Gasteiger partial charge in [-0.15, -0.1) is 0 Å². The molecular formula is C36H71NaO4S. The summed E-state index contributed by atoms with van der Waals surface area (Å²) < 4.78 is 37.5. The van der Waals surface area contributed by atoms with Gasteiger partial charge in [-0.1, -0.05) is 199 Å². The van der Waals surface area contributed by atoms with Gasteiger partial charge in [0.1, 0.15) is 0 Å². The van der Waals surface area contributed by atoms with E-state index in [2.05, 4.69) is 30.2 Å². The third-order valence-electron chi connectivity index (χ3n) is 8.49. The summed E-state index contributed by atoms with van der Waals surface area (Å²) in [5.74, 6) is 0.0166.